The molecule has 2 rings (SSSR count). The average molecular weight is 391 g/mol. The van der Waals surface area contributed by atoms with Crippen LogP contribution in [0.1, 0.15) is 26.7 Å². The van der Waals surface area contributed by atoms with Crippen LogP contribution in [0.15, 0.2) is 24.3 Å². The molecule has 1 atom stereocenters. The zero-order valence-corrected chi connectivity index (χ0v) is 16.0. The maximum atomic E-state index is 12.5. The molecule has 0 saturated carbocycles. The lowest BCUT2D eigenvalue weighted by atomic mass is 10.2. The number of amides is 3. The Hall–Kier alpha value is -3.10. The molecule has 0 aliphatic carbocycles. The maximum absolute atomic E-state index is 12.5. The van der Waals surface area contributed by atoms with Crippen molar-refractivity contribution in [3.8, 4) is 5.75 Å². The van der Waals surface area contributed by atoms with Gasteiger partial charge in [0.1, 0.15) is 11.8 Å². The molecule has 3 amide bonds. The van der Waals surface area contributed by atoms with Crippen molar-refractivity contribution in [3.05, 3.63) is 24.3 Å². The number of carboxylic acid groups (broad SMARTS) is 1. The van der Waals surface area contributed by atoms with Gasteiger partial charge in [0.05, 0.1) is 0 Å². The van der Waals surface area contributed by atoms with Gasteiger partial charge in [0.2, 0.25) is 11.8 Å². The third-order valence-electron chi connectivity index (χ3n) is 4.44. The van der Waals surface area contributed by atoms with Crippen LogP contribution in [0.5, 0.6) is 5.75 Å². The predicted octanol–water partition coefficient (Wildman–Crippen LogP) is 0.630. The second-order valence-electron chi connectivity index (χ2n) is 6.52. The van der Waals surface area contributed by atoms with Crippen molar-refractivity contribution >= 4 is 29.4 Å². The van der Waals surface area contributed by atoms with Crippen LogP contribution in [0.2, 0.25) is 0 Å². The van der Waals surface area contributed by atoms with Crippen molar-refractivity contribution in [2.75, 3.05) is 31.1 Å². The van der Waals surface area contributed by atoms with E-state index >= 15 is 0 Å². The van der Waals surface area contributed by atoms with Crippen LogP contribution in [0.25, 0.3) is 0 Å². The lowest BCUT2D eigenvalue weighted by Gasteiger charge is -2.26. The highest BCUT2D eigenvalue weighted by Crippen LogP contribution is 2.25. The molecule has 1 aromatic rings. The van der Waals surface area contributed by atoms with Crippen molar-refractivity contribution in [1.29, 1.82) is 0 Å². The second-order valence-corrected chi connectivity index (χ2v) is 6.52. The van der Waals surface area contributed by atoms with Crippen molar-refractivity contribution in [1.82, 2.24) is 10.2 Å². The second kappa shape index (κ2) is 9.72. The number of aliphatic carboxylic acids is 1. The van der Waals surface area contributed by atoms with Gasteiger partial charge in [-0.3, -0.25) is 14.4 Å². The third-order valence-corrected chi connectivity index (χ3v) is 4.44. The number of carbonyl (C=O) groups excluding carboxylic acids is 3. The molecule has 1 aliphatic rings. The van der Waals surface area contributed by atoms with Gasteiger partial charge >= 0.3 is 5.97 Å². The van der Waals surface area contributed by atoms with E-state index in [-0.39, 0.29) is 31.5 Å². The van der Waals surface area contributed by atoms with Crippen LogP contribution in [0.3, 0.4) is 0 Å². The minimum Gasteiger partial charge on any atom is -0.484 e. The van der Waals surface area contributed by atoms with Gasteiger partial charge in [0, 0.05) is 44.7 Å². The minimum atomic E-state index is -1.15. The topological polar surface area (TPSA) is 116 Å². The highest BCUT2D eigenvalue weighted by atomic mass is 16.5. The number of carbonyl (C=O) groups is 4. The molecule has 9 nitrogen and oxygen atoms in total. The molecule has 1 unspecified atom stereocenters. The number of ether oxygens (including phenoxy) is 1. The van der Waals surface area contributed by atoms with E-state index in [1.165, 1.54) is 13.8 Å². The van der Waals surface area contributed by atoms with Crippen LogP contribution in [-0.4, -0.2) is 66.0 Å². The summed E-state index contributed by atoms with van der Waals surface area (Å²) in [6.45, 7) is 3.23. The fourth-order valence-electron chi connectivity index (χ4n) is 2.91. The lowest BCUT2D eigenvalue weighted by molar-refractivity contribution is -0.150. The molecule has 152 valence electrons. The summed E-state index contributed by atoms with van der Waals surface area (Å²) in [6.07, 6.45) is 1.32. The van der Waals surface area contributed by atoms with Crippen LogP contribution in [0, 0.1) is 0 Å². The number of anilines is 1. The molecule has 0 bridgehead atoms. The summed E-state index contributed by atoms with van der Waals surface area (Å²) in [6, 6.07) is 5.82. The molecule has 1 aromatic carbocycles. The van der Waals surface area contributed by atoms with Gasteiger partial charge in [0.15, 0.2) is 6.61 Å². The van der Waals surface area contributed by atoms with Crippen molar-refractivity contribution in [2.45, 2.75) is 32.7 Å². The molecule has 1 heterocycles. The van der Waals surface area contributed by atoms with Crippen molar-refractivity contribution in [3.63, 3.8) is 0 Å². The summed E-state index contributed by atoms with van der Waals surface area (Å²) in [4.78, 5) is 49.4. The zero-order chi connectivity index (χ0) is 20.7. The Bertz CT molecular complexity index is 751. The summed E-state index contributed by atoms with van der Waals surface area (Å²) in [7, 11) is 0. The summed E-state index contributed by atoms with van der Waals surface area (Å²) >= 11 is 0. The molecule has 1 aliphatic heterocycles. The molecule has 0 spiro atoms. The van der Waals surface area contributed by atoms with E-state index in [0.717, 1.165) is 11.3 Å². The van der Waals surface area contributed by atoms with Gasteiger partial charge in [-0.15, -0.1) is 0 Å². The number of hydrogen-bond acceptors (Lipinski definition) is 5. The lowest BCUT2D eigenvalue weighted by Crippen LogP contribution is -2.48. The molecule has 1 saturated heterocycles. The van der Waals surface area contributed by atoms with E-state index in [9.17, 15) is 24.3 Å². The first kappa shape index (κ1) is 21.2. The van der Waals surface area contributed by atoms with E-state index < -0.39 is 17.9 Å². The molecule has 2 N–H and O–H groups in total. The zero-order valence-electron chi connectivity index (χ0n) is 16.0. The van der Waals surface area contributed by atoms with Gasteiger partial charge in [-0.25, -0.2) is 4.79 Å². The normalized spacial score (nSPS) is 14.5. The fraction of sp³-hybridized carbons (Fsp3) is 0.474. The van der Waals surface area contributed by atoms with Gasteiger partial charge in [-0.05, 0) is 25.5 Å². The minimum absolute atomic E-state index is 0.0488. The van der Waals surface area contributed by atoms with Crippen LogP contribution in [0.4, 0.5) is 5.69 Å². The van der Waals surface area contributed by atoms with E-state index in [0.29, 0.717) is 24.4 Å². The first-order valence-electron chi connectivity index (χ1n) is 9.09. The molecule has 1 fully saturated rings. The summed E-state index contributed by atoms with van der Waals surface area (Å²) in [5, 5.41) is 11.8. The molecule has 0 radical (unpaired) electrons. The number of nitrogens with one attached hydrogen (secondary N) is 1. The number of carboxylic acids is 1. The Morgan fingerprint density at radius 1 is 1.36 bits per heavy atom. The fourth-order valence-corrected chi connectivity index (χ4v) is 2.91. The number of benzene rings is 1. The van der Waals surface area contributed by atoms with Crippen molar-refractivity contribution < 1.29 is 29.0 Å². The Morgan fingerprint density at radius 3 is 2.71 bits per heavy atom. The summed E-state index contributed by atoms with van der Waals surface area (Å²) in [5.41, 5.74) is 0.703. The molecule has 9 heteroatoms. The Morgan fingerprint density at radius 2 is 2.11 bits per heavy atom. The van der Waals surface area contributed by atoms with E-state index in [1.54, 1.807) is 29.2 Å². The standard InChI is InChI=1S/C19H25N3O6/c1-13(19(26)27)21(10-8-20-14(2)23)18(25)12-28-16-6-3-5-15(11-16)22-9-4-7-17(22)24/h3,5-6,11,13H,4,7-10,12H2,1-2H3,(H,20,23)(H,26,27). The van der Waals surface area contributed by atoms with Crippen LogP contribution < -0.4 is 15.0 Å². The third kappa shape index (κ3) is 5.70. The van der Waals surface area contributed by atoms with Crippen LogP contribution in [-0.2, 0) is 19.2 Å². The van der Waals surface area contributed by atoms with E-state index in [4.69, 9.17) is 4.74 Å². The van der Waals surface area contributed by atoms with E-state index in [1.807, 2.05) is 0 Å². The quantitative estimate of drug-likeness (QED) is 0.638. The van der Waals surface area contributed by atoms with E-state index in [2.05, 4.69) is 5.32 Å². The molecular weight excluding hydrogens is 366 g/mol. The van der Waals surface area contributed by atoms with Gasteiger partial charge < -0.3 is 25.0 Å². The highest BCUT2D eigenvalue weighted by Gasteiger charge is 2.26. The Balaban J connectivity index is 1.99. The van der Waals surface area contributed by atoms with Gasteiger partial charge in [-0.1, -0.05) is 6.07 Å². The maximum Gasteiger partial charge on any atom is 0.326 e. The predicted molar refractivity (Wildman–Crippen MR) is 101 cm³/mol. The highest BCUT2D eigenvalue weighted by molar-refractivity contribution is 5.95. The van der Waals surface area contributed by atoms with Gasteiger partial charge in [0.25, 0.3) is 5.91 Å². The SMILES string of the molecule is CC(=O)NCCN(C(=O)COc1cccc(N2CCCC2=O)c1)C(C)C(=O)O. The first-order valence-corrected chi connectivity index (χ1v) is 9.09. The summed E-state index contributed by atoms with van der Waals surface area (Å²) < 4.78 is 5.53. The first-order chi connectivity index (χ1) is 13.3. The average Bonchev–Trinajstić information content (AvgIpc) is 3.08. The largest absolute Gasteiger partial charge is 0.484 e. The Kier molecular flexibility index (Phi) is 7.36. The van der Waals surface area contributed by atoms with Crippen LogP contribution >= 0.6 is 0 Å². The summed E-state index contributed by atoms with van der Waals surface area (Å²) in [5.74, 6) is -1.46. The number of hydrogen-bond donors (Lipinski definition) is 2. The molecule has 0 aromatic heterocycles. The van der Waals surface area contributed by atoms with Gasteiger partial charge in [-0.2, -0.15) is 0 Å². The molecule has 28 heavy (non-hydrogen) atoms. The number of nitrogens with zero attached hydrogens (tertiary/aromatic N) is 2. The monoisotopic (exact) mass is 391 g/mol. The Labute approximate surface area is 163 Å². The number of rotatable bonds is 9. The van der Waals surface area contributed by atoms with Crippen molar-refractivity contribution in [2.24, 2.45) is 0 Å². The molecular formula is C19H25N3O6. The smallest absolute Gasteiger partial charge is 0.326 e.